The lowest BCUT2D eigenvalue weighted by Gasteiger charge is -2.27. The molecule has 0 radical (unpaired) electrons. The quantitative estimate of drug-likeness (QED) is 0.860. The number of fused-ring (bicyclic) bond motifs is 1. The summed E-state index contributed by atoms with van der Waals surface area (Å²) < 4.78 is 13.2. The number of nitrogens with one attached hydrogen (secondary N) is 1. The summed E-state index contributed by atoms with van der Waals surface area (Å²) in [7, 11) is 0. The third-order valence-electron chi connectivity index (χ3n) is 3.54. The van der Waals surface area contributed by atoms with E-state index in [0.29, 0.717) is 36.5 Å². The summed E-state index contributed by atoms with van der Waals surface area (Å²) >= 11 is 5.98. The highest BCUT2D eigenvalue weighted by Crippen LogP contribution is 2.20. The van der Waals surface area contributed by atoms with Crippen molar-refractivity contribution >= 4 is 11.6 Å². The molecule has 0 unspecified atom stereocenters. The van der Waals surface area contributed by atoms with Crippen LogP contribution in [0.5, 0.6) is 0 Å². The summed E-state index contributed by atoms with van der Waals surface area (Å²) in [6, 6.07) is 1.38. The van der Waals surface area contributed by atoms with Crippen LogP contribution >= 0.6 is 11.6 Å². The minimum Gasteiger partial charge on any atom is -0.310 e. The van der Waals surface area contributed by atoms with Crippen molar-refractivity contribution in [2.24, 2.45) is 0 Å². The van der Waals surface area contributed by atoms with Gasteiger partial charge in [-0.15, -0.1) is 0 Å². The lowest BCUT2D eigenvalue weighted by atomic mass is 10.1. The maximum atomic E-state index is 13.2. The first-order chi connectivity index (χ1) is 10.0. The molecule has 1 aliphatic heterocycles. The van der Waals surface area contributed by atoms with Crippen LogP contribution < -0.4 is 5.56 Å². The van der Waals surface area contributed by atoms with Crippen LogP contribution in [-0.4, -0.2) is 26.4 Å². The van der Waals surface area contributed by atoms with E-state index in [1.165, 1.54) is 6.07 Å². The first-order valence-electron chi connectivity index (χ1n) is 6.64. The van der Waals surface area contributed by atoms with Gasteiger partial charge >= 0.3 is 0 Å². The normalized spacial score (nSPS) is 15.0. The van der Waals surface area contributed by atoms with Gasteiger partial charge in [0.2, 0.25) is 0 Å². The molecule has 21 heavy (non-hydrogen) atoms. The van der Waals surface area contributed by atoms with Gasteiger partial charge in [-0.25, -0.2) is 14.4 Å². The van der Waals surface area contributed by atoms with Gasteiger partial charge in [0.25, 0.3) is 5.56 Å². The van der Waals surface area contributed by atoms with Gasteiger partial charge in [-0.3, -0.25) is 9.69 Å². The molecule has 5 nitrogen and oxygen atoms in total. The minimum absolute atomic E-state index is 0.106. The maximum absolute atomic E-state index is 13.2. The Morgan fingerprint density at radius 2 is 2.33 bits per heavy atom. The molecule has 2 aromatic heterocycles. The fourth-order valence-corrected chi connectivity index (χ4v) is 2.72. The van der Waals surface area contributed by atoms with E-state index >= 15 is 0 Å². The summed E-state index contributed by atoms with van der Waals surface area (Å²) in [5, 5.41) is 0.290. The molecule has 0 saturated heterocycles. The van der Waals surface area contributed by atoms with E-state index in [2.05, 4.69) is 15.0 Å². The smallest absolute Gasteiger partial charge is 0.255 e. The van der Waals surface area contributed by atoms with Gasteiger partial charge in [0.15, 0.2) is 0 Å². The Kier molecular flexibility index (Phi) is 3.73. The van der Waals surface area contributed by atoms with Crippen molar-refractivity contribution < 1.29 is 4.39 Å². The van der Waals surface area contributed by atoms with Crippen molar-refractivity contribution in [2.45, 2.75) is 26.4 Å². The topological polar surface area (TPSA) is 61.9 Å². The predicted octanol–water partition coefficient (Wildman–Crippen LogP) is 1.82. The molecule has 110 valence electrons. The number of halogens is 2. The van der Waals surface area contributed by atoms with Gasteiger partial charge in [-0.05, 0) is 13.0 Å². The van der Waals surface area contributed by atoms with Crippen molar-refractivity contribution in [1.29, 1.82) is 0 Å². The van der Waals surface area contributed by atoms with Crippen molar-refractivity contribution in [2.75, 3.05) is 6.54 Å². The first-order valence-corrected chi connectivity index (χ1v) is 7.01. The zero-order valence-corrected chi connectivity index (χ0v) is 12.2. The standard InChI is InChI=1S/C14H14ClFN4O/c1-8-18-12-2-3-20(7-11(12)14(21)19-8)6-9-4-10(16)5-17-13(9)15/h4-5H,2-3,6-7H2,1H3,(H,18,19,21). The number of hydrogen-bond donors (Lipinski definition) is 1. The van der Waals surface area contributed by atoms with Gasteiger partial charge in [0.1, 0.15) is 16.8 Å². The van der Waals surface area contributed by atoms with Crippen molar-refractivity contribution in [3.05, 3.63) is 56.2 Å². The van der Waals surface area contributed by atoms with Crippen LogP contribution in [0.3, 0.4) is 0 Å². The average Bonchev–Trinajstić information content (AvgIpc) is 2.43. The number of aryl methyl sites for hydroxylation is 1. The van der Waals surface area contributed by atoms with E-state index in [4.69, 9.17) is 11.6 Å². The van der Waals surface area contributed by atoms with Crippen LogP contribution in [0.2, 0.25) is 5.15 Å². The lowest BCUT2D eigenvalue weighted by molar-refractivity contribution is 0.241. The molecule has 0 saturated carbocycles. The Morgan fingerprint density at radius 1 is 1.52 bits per heavy atom. The number of nitrogens with zero attached hydrogens (tertiary/aromatic N) is 3. The zero-order valence-electron chi connectivity index (χ0n) is 11.5. The second kappa shape index (κ2) is 5.54. The second-order valence-electron chi connectivity index (χ2n) is 5.14. The SMILES string of the molecule is Cc1nc2c(c(=O)[nH]1)CN(Cc1cc(F)cnc1Cl)CC2. The van der Waals surface area contributed by atoms with Crippen LogP contribution in [0.15, 0.2) is 17.1 Å². The monoisotopic (exact) mass is 308 g/mol. The Labute approximate surface area is 125 Å². The number of aromatic amines is 1. The molecular weight excluding hydrogens is 295 g/mol. The lowest BCUT2D eigenvalue weighted by Crippen LogP contribution is -2.35. The zero-order chi connectivity index (χ0) is 15.0. The van der Waals surface area contributed by atoms with E-state index in [1.54, 1.807) is 6.92 Å². The summed E-state index contributed by atoms with van der Waals surface area (Å²) in [4.78, 5) is 24.9. The molecule has 0 fully saturated rings. The summed E-state index contributed by atoms with van der Waals surface area (Å²) in [5.74, 6) is 0.214. The fraction of sp³-hybridized carbons (Fsp3) is 0.357. The Bertz CT molecular complexity index is 746. The van der Waals surface area contributed by atoms with E-state index in [1.807, 2.05) is 4.90 Å². The number of hydrogen-bond acceptors (Lipinski definition) is 4. The highest BCUT2D eigenvalue weighted by atomic mass is 35.5. The summed E-state index contributed by atoms with van der Waals surface area (Å²) in [6.45, 7) is 3.45. The van der Waals surface area contributed by atoms with Crippen LogP contribution in [0.4, 0.5) is 4.39 Å². The highest BCUT2D eigenvalue weighted by Gasteiger charge is 2.21. The Balaban J connectivity index is 1.83. The average molecular weight is 309 g/mol. The van der Waals surface area contributed by atoms with Gasteiger partial charge in [0, 0.05) is 31.6 Å². The van der Waals surface area contributed by atoms with Crippen molar-refractivity contribution in [1.82, 2.24) is 19.9 Å². The molecule has 0 spiro atoms. The molecule has 7 heteroatoms. The Morgan fingerprint density at radius 3 is 3.14 bits per heavy atom. The van der Waals surface area contributed by atoms with E-state index in [0.717, 1.165) is 18.4 Å². The molecule has 0 atom stereocenters. The fourth-order valence-electron chi connectivity index (χ4n) is 2.56. The van der Waals surface area contributed by atoms with Crippen LogP contribution in [0.25, 0.3) is 0 Å². The van der Waals surface area contributed by atoms with Crippen LogP contribution in [-0.2, 0) is 19.5 Å². The molecule has 3 heterocycles. The minimum atomic E-state index is -0.415. The molecule has 1 aliphatic rings. The summed E-state index contributed by atoms with van der Waals surface area (Å²) in [5.41, 5.74) is 2.03. The van der Waals surface area contributed by atoms with Crippen LogP contribution in [0, 0.1) is 12.7 Å². The van der Waals surface area contributed by atoms with Gasteiger partial charge in [-0.1, -0.05) is 11.6 Å². The van der Waals surface area contributed by atoms with Gasteiger partial charge < -0.3 is 4.98 Å². The third-order valence-corrected chi connectivity index (χ3v) is 3.88. The van der Waals surface area contributed by atoms with E-state index in [9.17, 15) is 9.18 Å². The van der Waals surface area contributed by atoms with Gasteiger partial charge in [-0.2, -0.15) is 0 Å². The second-order valence-corrected chi connectivity index (χ2v) is 5.50. The van der Waals surface area contributed by atoms with Gasteiger partial charge in [0.05, 0.1) is 17.5 Å². The van der Waals surface area contributed by atoms with Crippen molar-refractivity contribution in [3.8, 4) is 0 Å². The molecule has 3 rings (SSSR count). The molecule has 0 aliphatic carbocycles. The largest absolute Gasteiger partial charge is 0.310 e. The molecular formula is C14H14ClFN4O. The molecule has 0 amide bonds. The molecule has 0 aromatic carbocycles. The maximum Gasteiger partial charge on any atom is 0.255 e. The van der Waals surface area contributed by atoms with E-state index < -0.39 is 5.82 Å². The number of H-pyrrole nitrogens is 1. The molecule has 2 aromatic rings. The van der Waals surface area contributed by atoms with Crippen LogP contribution in [0.1, 0.15) is 22.6 Å². The first kappa shape index (κ1) is 14.2. The predicted molar refractivity (Wildman–Crippen MR) is 76.6 cm³/mol. The molecule has 0 bridgehead atoms. The number of aromatic nitrogens is 3. The third kappa shape index (κ3) is 2.96. The Hall–Kier alpha value is -1.79. The number of pyridine rings is 1. The number of rotatable bonds is 2. The highest BCUT2D eigenvalue weighted by molar-refractivity contribution is 6.30. The summed E-state index contributed by atoms with van der Waals surface area (Å²) in [6.07, 6.45) is 1.79. The molecule has 1 N–H and O–H groups in total. The van der Waals surface area contributed by atoms with Crippen molar-refractivity contribution in [3.63, 3.8) is 0 Å². The van der Waals surface area contributed by atoms with E-state index in [-0.39, 0.29) is 10.7 Å².